The topological polar surface area (TPSA) is 73.6 Å². The van der Waals surface area contributed by atoms with E-state index >= 15 is 0 Å². The number of nitrogens with zero attached hydrogens (tertiary/aromatic N) is 2. The van der Waals surface area contributed by atoms with E-state index in [0.717, 1.165) is 11.1 Å². The van der Waals surface area contributed by atoms with E-state index in [2.05, 4.69) is 0 Å². The van der Waals surface area contributed by atoms with Crippen LogP contribution in [0, 0.1) is 28.5 Å². The van der Waals surface area contributed by atoms with Crippen molar-refractivity contribution in [2.24, 2.45) is 5.73 Å². The zero-order chi connectivity index (χ0) is 14.5. The third kappa shape index (κ3) is 3.00. The highest BCUT2D eigenvalue weighted by Gasteiger charge is 2.09. The van der Waals surface area contributed by atoms with Gasteiger partial charge < -0.3 is 5.73 Å². The molecule has 0 spiro atoms. The minimum Gasteiger partial charge on any atom is -0.316 e. The summed E-state index contributed by atoms with van der Waals surface area (Å²) in [4.78, 5) is 0. The summed E-state index contributed by atoms with van der Waals surface area (Å²) in [5.74, 6) is -0.377. The molecule has 4 heteroatoms. The van der Waals surface area contributed by atoms with E-state index < -0.39 is 6.04 Å². The molecule has 20 heavy (non-hydrogen) atoms. The zero-order valence-electron chi connectivity index (χ0n) is 10.7. The molecule has 0 heterocycles. The molecule has 0 aromatic heterocycles. The maximum absolute atomic E-state index is 14.0. The third-order valence-electron chi connectivity index (χ3n) is 3.01. The van der Waals surface area contributed by atoms with Crippen molar-refractivity contribution < 1.29 is 4.39 Å². The average molecular weight is 265 g/mol. The number of hydrogen-bond acceptors (Lipinski definition) is 3. The molecule has 0 radical (unpaired) electrons. The number of hydrogen-bond donors (Lipinski definition) is 1. The van der Waals surface area contributed by atoms with Crippen molar-refractivity contribution >= 4 is 0 Å². The first-order valence-electron chi connectivity index (χ1n) is 6.08. The molecular weight excluding hydrogens is 253 g/mol. The normalized spacial score (nSPS) is 11.4. The van der Waals surface area contributed by atoms with E-state index in [-0.39, 0.29) is 12.2 Å². The minimum absolute atomic E-state index is 0.190. The fourth-order valence-electron chi connectivity index (χ4n) is 1.91. The standard InChI is InChI=1S/C16H12FN3/c17-16-8-13(5-6-14(16)7-15(20)10-19)12-3-1-11(9-18)2-4-12/h1-6,8,15H,7,20H2/t15-/m0/s1. The van der Waals surface area contributed by atoms with E-state index in [0.29, 0.717) is 11.1 Å². The molecule has 0 fully saturated rings. The Labute approximate surface area is 116 Å². The highest BCUT2D eigenvalue weighted by atomic mass is 19.1. The fourth-order valence-corrected chi connectivity index (χ4v) is 1.91. The highest BCUT2D eigenvalue weighted by Crippen LogP contribution is 2.23. The quantitative estimate of drug-likeness (QED) is 0.927. The lowest BCUT2D eigenvalue weighted by molar-refractivity contribution is 0.604. The molecule has 3 nitrogen and oxygen atoms in total. The van der Waals surface area contributed by atoms with E-state index in [4.69, 9.17) is 16.3 Å². The van der Waals surface area contributed by atoms with Crippen LogP contribution in [0.5, 0.6) is 0 Å². The predicted octanol–water partition coefficient (Wildman–Crippen LogP) is 2.76. The van der Waals surface area contributed by atoms with Crippen molar-refractivity contribution in [1.82, 2.24) is 0 Å². The SMILES string of the molecule is N#Cc1ccc(-c2ccc(C[C@H](N)C#N)c(F)c2)cc1. The maximum Gasteiger partial charge on any atom is 0.127 e. The molecule has 0 unspecified atom stereocenters. The molecule has 2 aromatic rings. The summed E-state index contributed by atoms with van der Waals surface area (Å²) in [6, 6.07) is 15.0. The number of nitriles is 2. The van der Waals surface area contributed by atoms with E-state index in [1.807, 2.05) is 12.1 Å². The molecule has 0 bridgehead atoms. The van der Waals surface area contributed by atoms with Crippen molar-refractivity contribution in [2.45, 2.75) is 12.5 Å². The minimum atomic E-state index is -0.703. The van der Waals surface area contributed by atoms with Crippen LogP contribution in [-0.2, 0) is 6.42 Å². The molecule has 2 rings (SSSR count). The van der Waals surface area contributed by atoms with Gasteiger partial charge >= 0.3 is 0 Å². The lowest BCUT2D eigenvalue weighted by Gasteiger charge is -2.07. The van der Waals surface area contributed by atoms with Crippen molar-refractivity contribution in [3.8, 4) is 23.3 Å². The van der Waals surface area contributed by atoms with E-state index in [1.165, 1.54) is 6.07 Å². The van der Waals surface area contributed by atoms with Crippen LogP contribution < -0.4 is 5.73 Å². The van der Waals surface area contributed by atoms with Gasteiger partial charge in [0.1, 0.15) is 5.82 Å². The molecule has 2 aromatic carbocycles. The molecule has 0 saturated heterocycles. The first-order chi connectivity index (χ1) is 9.63. The Hall–Kier alpha value is -2.69. The van der Waals surface area contributed by atoms with Crippen LogP contribution in [0.3, 0.4) is 0 Å². The van der Waals surface area contributed by atoms with Crippen LogP contribution in [0.25, 0.3) is 11.1 Å². The fraction of sp³-hybridized carbons (Fsp3) is 0.125. The molecule has 0 aliphatic heterocycles. The number of nitrogens with two attached hydrogens (primary N) is 1. The summed E-state index contributed by atoms with van der Waals surface area (Å²) in [5.41, 5.74) is 8.04. The van der Waals surface area contributed by atoms with Crippen molar-refractivity contribution in [3.05, 3.63) is 59.4 Å². The molecule has 0 saturated carbocycles. The van der Waals surface area contributed by atoms with Crippen LogP contribution >= 0.6 is 0 Å². The van der Waals surface area contributed by atoms with Gasteiger partial charge in [0, 0.05) is 6.42 Å². The lowest BCUT2D eigenvalue weighted by Crippen LogP contribution is -2.20. The van der Waals surface area contributed by atoms with Gasteiger partial charge in [0.15, 0.2) is 0 Å². The second-order valence-electron chi connectivity index (χ2n) is 4.44. The van der Waals surface area contributed by atoms with Crippen LogP contribution in [0.15, 0.2) is 42.5 Å². The van der Waals surface area contributed by atoms with Gasteiger partial charge in [0.25, 0.3) is 0 Å². The Morgan fingerprint density at radius 2 is 1.70 bits per heavy atom. The number of rotatable bonds is 3. The van der Waals surface area contributed by atoms with Crippen LogP contribution in [0.2, 0.25) is 0 Å². The summed E-state index contributed by atoms with van der Waals surface area (Å²) in [6.45, 7) is 0. The maximum atomic E-state index is 14.0. The average Bonchev–Trinajstić information content (AvgIpc) is 2.49. The second kappa shape index (κ2) is 5.97. The Morgan fingerprint density at radius 1 is 1.05 bits per heavy atom. The second-order valence-corrected chi connectivity index (χ2v) is 4.44. The predicted molar refractivity (Wildman–Crippen MR) is 73.8 cm³/mol. The monoisotopic (exact) mass is 265 g/mol. The molecule has 0 amide bonds. The Morgan fingerprint density at radius 3 is 2.25 bits per heavy atom. The van der Waals surface area contributed by atoms with Gasteiger partial charge in [-0.25, -0.2) is 4.39 Å². The zero-order valence-corrected chi connectivity index (χ0v) is 10.7. The summed E-state index contributed by atoms with van der Waals surface area (Å²) >= 11 is 0. The molecule has 1 atom stereocenters. The van der Waals surface area contributed by atoms with Gasteiger partial charge in [-0.2, -0.15) is 10.5 Å². The number of halogens is 1. The van der Waals surface area contributed by atoms with Gasteiger partial charge in [-0.15, -0.1) is 0 Å². The summed E-state index contributed by atoms with van der Waals surface area (Å²) in [6.07, 6.45) is 0.190. The van der Waals surface area contributed by atoms with Gasteiger partial charge in [-0.05, 0) is 34.9 Å². The van der Waals surface area contributed by atoms with Gasteiger partial charge in [-0.1, -0.05) is 24.3 Å². The van der Waals surface area contributed by atoms with Crippen LogP contribution in [0.4, 0.5) is 4.39 Å². The number of benzene rings is 2. The highest BCUT2D eigenvalue weighted by molar-refractivity contribution is 5.64. The van der Waals surface area contributed by atoms with Gasteiger partial charge in [0.2, 0.25) is 0 Å². The smallest absolute Gasteiger partial charge is 0.127 e. The lowest BCUT2D eigenvalue weighted by atomic mass is 10.00. The van der Waals surface area contributed by atoms with Crippen molar-refractivity contribution in [2.75, 3.05) is 0 Å². The first kappa shape index (κ1) is 13.7. The van der Waals surface area contributed by atoms with E-state index in [1.54, 1.807) is 36.4 Å². The summed E-state index contributed by atoms with van der Waals surface area (Å²) < 4.78 is 14.0. The van der Waals surface area contributed by atoms with Crippen LogP contribution in [0.1, 0.15) is 11.1 Å². The third-order valence-corrected chi connectivity index (χ3v) is 3.01. The molecule has 98 valence electrons. The Kier molecular flexibility index (Phi) is 4.10. The summed E-state index contributed by atoms with van der Waals surface area (Å²) in [5, 5.41) is 17.4. The Bertz CT molecular complexity index is 693. The van der Waals surface area contributed by atoms with Crippen molar-refractivity contribution in [1.29, 1.82) is 10.5 Å². The Balaban J connectivity index is 2.28. The molecule has 2 N–H and O–H groups in total. The van der Waals surface area contributed by atoms with E-state index in [9.17, 15) is 4.39 Å². The largest absolute Gasteiger partial charge is 0.316 e. The van der Waals surface area contributed by atoms with Gasteiger partial charge in [0.05, 0.1) is 23.7 Å². The van der Waals surface area contributed by atoms with Crippen LogP contribution in [-0.4, -0.2) is 6.04 Å². The summed E-state index contributed by atoms with van der Waals surface area (Å²) in [7, 11) is 0. The van der Waals surface area contributed by atoms with Gasteiger partial charge in [-0.3, -0.25) is 0 Å². The first-order valence-corrected chi connectivity index (χ1v) is 6.08. The molecule has 0 aliphatic carbocycles. The molecular formula is C16H12FN3. The van der Waals surface area contributed by atoms with Crippen molar-refractivity contribution in [3.63, 3.8) is 0 Å². The molecule has 0 aliphatic rings.